The Kier molecular flexibility index (Phi) is 7.20. The van der Waals surface area contributed by atoms with Crippen LogP contribution in [0, 0.1) is 6.92 Å². The molecule has 0 unspecified atom stereocenters. The molecule has 2 nitrogen and oxygen atoms in total. The molecule has 0 radical (unpaired) electrons. The monoisotopic (exact) mass is 758 g/mol. The lowest BCUT2D eigenvalue weighted by Gasteiger charge is -2.18. The lowest BCUT2D eigenvalue weighted by Crippen LogP contribution is -1.91. The second kappa shape index (κ2) is 12.7. The maximum atomic E-state index is 6.30. The predicted molar refractivity (Wildman–Crippen MR) is 248 cm³/mol. The topological polar surface area (TPSA) is 26.3 Å². The van der Waals surface area contributed by atoms with Crippen molar-refractivity contribution in [1.29, 1.82) is 0 Å². The van der Waals surface area contributed by atoms with Crippen molar-refractivity contribution in [1.82, 2.24) is 0 Å². The minimum Gasteiger partial charge on any atom is -0.461 e. The molecule has 58 heavy (non-hydrogen) atoms. The first kappa shape index (κ1) is 33.0. The van der Waals surface area contributed by atoms with E-state index in [0.717, 1.165) is 49.1 Å². The van der Waals surface area contributed by atoms with Crippen LogP contribution in [-0.2, 0) is 0 Å². The van der Waals surface area contributed by atoms with Crippen molar-refractivity contribution in [3.63, 3.8) is 0 Å². The number of furan rings is 2. The van der Waals surface area contributed by atoms with Crippen molar-refractivity contribution in [2.75, 3.05) is 0 Å². The highest BCUT2D eigenvalue weighted by Gasteiger charge is 2.23. The molecule has 12 aromatic rings. The van der Waals surface area contributed by atoms with Crippen LogP contribution < -0.4 is 0 Å². The number of para-hydroxylation sites is 2. The fraction of sp³-hybridized carbons (Fsp3) is 0.0182. The highest BCUT2D eigenvalue weighted by atomic mass is 32.1. The quantitative estimate of drug-likeness (QED) is 0.163. The summed E-state index contributed by atoms with van der Waals surface area (Å²) in [6.45, 7) is 6.34. The molecule has 0 bridgehead atoms. The number of hydrogen-bond acceptors (Lipinski definition) is 3. The van der Waals surface area contributed by atoms with Crippen LogP contribution in [0.25, 0.3) is 126 Å². The van der Waals surface area contributed by atoms with Gasteiger partial charge in [-0.05, 0) is 103 Å². The third kappa shape index (κ3) is 4.78. The van der Waals surface area contributed by atoms with E-state index in [1.165, 1.54) is 81.3 Å². The maximum absolute atomic E-state index is 6.30. The minimum absolute atomic E-state index is 0.907. The van der Waals surface area contributed by atoms with Gasteiger partial charge in [0.15, 0.2) is 0 Å². The Morgan fingerprint density at radius 3 is 1.57 bits per heavy atom. The van der Waals surface area contributed by atoms with Crippen molar-refractivity contribution in [3.8, 4) is 44.5 Å². The van der Waals surface area contributed by atoms with E-state index in [1.54, 1.807) is 11.3 Å². The largest absolute Gasteiger partial charge is 0.461 e. The number of aryl methyl sites for hydroxylation is 1. The summed E-state index contributed by atoms with van der Waals surface area (Å²) in [6.07, 6.45) is 2.00. The van der Waals surface area contributed by atoms with E-state index in [2.05, 4.69) is 165 Å². The van der Waals surface area contributed by atoms with Gasteiger partial charge in [-0.15, -0.1) is 11.3 Å². The van der Waals surface area contributed by atoms with Gasteiger partial charge in [-0.2, -0.15) is 0 Å². The van der Waals surface area contributed by atoms with Crippen molar-refractivity contribution >= 4 is 92.7 Å². The van der Waals surface area contributed by atoms with Crippen molar-refractivity contribution in [3.05, 3.63) is 187 Å². The molecule has 0 fully saturated rings. The zero-order valence-corrected chi connectivity index (χ0v) is 32.5. The number of fused-ring (bicyclic) bond motifs is 9. The standard InChI is InChI=1S/C55H34O2S/c1-3-49-55(51-32(2)56-47-23-13-11-21-43(47)51)54-38-16-5-4-14-36(38)44(31-50(54)58-49)33-24-26-34(27-25-33)52-39-17-6-8-19-41(39)53(42-20-9-7-18-40(42)52)35-28-29-48-45(30-35)37-15-10-12-22-46(37)57-48/h3-31H,1H2,2H3. The molecule has 0 amide bonds. The molecule has 272 valence electrons. The molecule has 3 heterocycles. The fourth-order valence-corrected chi connectivity index (χ4v) is 10.7. The first-order valence-electron chi connectivity index (χ1n) is 19.7. The molecule has 0 saturated heterocycles. The van der Waals surface area contributed by atoms with Crippen molar-refractivity contribution in [2.45, 2.75) is 6.92 Å². The van der Waals surface area contributed by atoms with E-state index in [4.69, 9.17) is 8.83 Å². The summed E-state index contributed by atoms with van der Waals surface area (Å²) in [7, 11) is 0. The number of hydrogen-bond donors (Lipinski definition) is 0. The molecule has 0 atom stereocenters. The van der Waals surface area contributed by atoms with E-state index < -0.39 is 0 Å². The number of thiophene rings is 1. The van der Waals surface area contributed by atoms with E-state index in [-0.39, 0.29) is 0 Å². The fourth-order valence-electron chi connectivity index (χ4n) is 9.54. The van der Waals surface area contributed by atoms with Crippen LogP contribution in [0.3, 0.4) is 0 Å². The Balaban J connectivity index is 1.04. The summed E-state index contributed by atoms with van der Waals surface area (Å²) in [5.41, 5.74) is 12.4. The van der Waals surface area contributed by atoms with Crippen LogP contribution in [0.15, 0.2) is 185 Å². The summed E-state index contributed by atoms with van der Waals surface area (Å²) in [5, 5.41) is 12.1. The van der Waals surface area contributed by atoms with Gasteiger partial charge in [-0.1, -0.05) is 152 Å². The smallest absolute Gasteiger partial charge is 0.135 e. The summed E-state index contributed by atoms with van der Waals surface area (Å²) >= 11 is 1.80. The van der Waals surface area contributed by atoms with Crippen LogP contribution in [-0.4, -0.2) is 0 Å². The summed E-state index contributed by atoms with van der Waals surface area (Å²) in [5.74, 6) is 0.925. The third-order valence-corrected chi connectivity index (χ3v) is 13.1. The SMILES string of the molecule is C=Cc1sc2cc(-c3ccc(-c4c5ccccc5c(-c5ccc6oc7ccccc7c6c5)c5ccccc45)cc3)c3ccccc3c2c1-c1c(C)oc2ccccc12. The molecule has 0 N–H and O–H groups in total. The number of rotatable bonds is 5. The zero-order valence-electron chi connectivity index (χ0n) is 31.7. The second-order valence-corrected chi connectivity index (χ2v) is 16.2. The maximum Gasteiger partial charge on any atom is 0.135 e. The molecule has 9 aromatic carbocycles. The van der Waals surface area contributed by atoms with Gasteiger partial charge in [0, 0.05) is 42.2 Å². The van der Waals surface area contributed by atoms with Crippen molar-refractivity contribution in [2.24, 2.45) is 0 Å². The Labute approximate surface area is 338 Å². The molecular formula is C55H34O2S. The second-order valence-electron chi connectivity index (χ2n) is 15.1. The molecule has 3 heteroatoms. The van der Waals surface area contributed by atoms with Gasteiger partial charge in [0.2, 0.25) is 0 Å². The molecule has 3 aromatic heterocycles. The lowest BCUT2D eigenvalue weighted by molar-refractivity contribution is 0.580. The third-order valence-electron chi connectivity index (χ3n) is 12.0. The average Bonchev–Trinajstić information content (AvgIpc) is 3.94. The highest BCUT2D eigenvalue weighted by molar-refractivity contribution is 7.20. The van der Waals surface area contributed by atoms with E-state index in [0.29, 0.717) is 0 Å². The summed E-state index contributed by atoms with van der Waals surface area (Å²) < 4.78 is 13.8. The molecule has 0 aliphatic rings. The number of benzene rings is 9. The normalized spacial score (nSPS) is 11.9. The minimum atomic E-state index is 0.907. The van der Waals surface area contributed by atoms with Gasteiger partial charge in [-0.3, -0.25) is 0 Å². The zero-order chi connectivity index (χ0) is 38.5. The molecule has 0 saturated carbocycles. The van der Waals surface area contributed by atoms with Gasteiger partial charge < -0.3 is 8.83 Å². The van der Waals surface area contributed by atoms with Gasteiger partial charge in [0.25, 0.3) is 0 Å². The first-order valence-corrected chi connectivity index (χ1v) is 20.5. The van der Waals surface area contributed by atoms with E-state index in [9.17, 15) is 0 Å². The molecule has 12 rings (SSSR count). The highest BCUT2D eigenvalue weighted by Crippen LogP contribution is 2.50. The molecule has 0 spiro atoms. The average molecular weight is 759 g/mol. The van der Waals surface area contributed by atoms with Gasteiger partial charge >= 0.3 is 0 Å². The van der Waals surface area contributed by atoms with E-state index >= 15 is 0 Å². The Morgan fingerprint density at radius 2 is 0.914 bits per heavy atom. The first-order chi connectivity index (χ1) is 28.6. The Bertz CT molecular complexity index is 3590. The van der Waals surface area contributed by atoms with Crippen molar-refractivity contribution < 1.29 is 8.83 Å². The lowest BCUT2D eigenvalue weighted by atomic mass is 9.85. The van der Waals surface area contributed by atoms with Crippen LogP contribution in [0.1, 0.15) is 10.6 Å². The Hall–Kier alpha value is -7.20. The molecule has 0 aliphatic heterocycles. The predicted octanol–water partition coefficient (Wildman–Crippen LogP) is 16.6. The molecular weight excluding hydrogens is 725 g/mol. The van der Waals surface area contributed by atoms with E-state index in [1.807, 2.05) is 24.3 Å². The summed E-state index contributed by atoms with van der Waals surface area (Å²) in [6, 6.07) is 61.4. The summed E-state index contributed by atoms with van der Waals surface area (Å²) in [4.78, 5) is 1.16. The van der Waals surface area contributed by atoms with Crippen LogP contribution in [0.5, 0.6) is 0 Å². The van der Waals surface area contributed by atoms with Crippen LogP contribution >= 0.6 is 11.3 Å². The molecule has 0 aliphatic carbocycles. The van der Waals surface area contributed by atoms with Crippen LogP contribution in [0.2, 0.25) is 0 Å². The van der Waals surface area contributed by atoms with Gasteiger partial charge in [-0.25, -0.2) is 0 Å². The van der Waals surface area contributed by atoms with Crippen LogP contribution in [0.4, 0.5) is 0 Å². The van der Waals surface area contributed by atoms with Gasteiger partial charge in [0.1, 0.15) is 22.5 Å². The van der Waals surface area contributed by atoms with Gasteiger partial charge in [0.05, 0.1) is 0 Å². The Morgan fingerprint density at radius 1 is 0.414 bits per heavy atom.